The smallest absolute Gasteiger partial charge is 0.261 e. The van der Waals surface area contributed by atoms with Crippen LogP contribution >= 0.6 is 0 Å². The fourth-order valence-corrected chi connectivity index (χ4v) is 5.84. The number of hydrogen-bond donors (Lipinski definition) is 4. The summed E-state index contributed by atoms with van der Waals surface area (Å²) in [5.74, 6) is 1.30. The Bertz CT molecular complexity index is 1660. The van der Waals surface area contributed by atoms with Crippen molar-refractivity contribution in [2.75, 3.05) is 28.4 Å². The highest BCUT2D eigenvalue weighted by Crippen LogP contribution is 2.31. The third kappa shape index (κ3) is 6.02. The minimum atomic E-state index is -3.77. The highest BCUT2D eigenvalue weighted by Gasteiger charge is 2.17. The molecule has 196 valence electrons. The summed E-state index contributed by atoms with van der Waals surface area (Å²) in [4.78, 5) is 9.09. The second kappa shape index (κ2) is 10.7. The van der Waals surface area contributed by atoms with E-state index in [2.05, 4.69) is 30.0 Å². The highest BCUT2D eigenvalue weighted by atomic mass is 32.2. The summed E-state index contributed by atoms with van der Waals surface area (Å²) in [7, 11) is -7.42. The van der Waals surface area contributed by atoms with Gasteiger partial charge in [-0.25, -0.2) is 26.5 Å². The third-order valence-corrected chi connectivity index (χ3v) is 8.32. The number of hydrogen-bond acceptors (Lipinski definition) is 9. The van der Waals surface area contributed by atoms with Gasteiger partial charge in [-0.2, -0.15) is 4.98 Å². The normalized spacial score (nSPS) is 14.9. The van der Waals surface area contributed by atoms with Gasteiger partial charge in [-0.15, -0.1) is 0 Å². The Morgan fingerprint density at radius 2 is 1.74 bits per heavy atom. The van der Waals surface area contributed by atoms with E-state index in [-0.39, 0.29) is 22.3 Å². The average Bonchev–Trinajstić information content (AvgIpc) is 2.90. The van der Waals surface area contributed by atoms with Gasteiger partial charge >= 0.3 is 0 Å². The quantitative estimate of drug-likeness (QED) is 0.289. The van der Waals surface area contributed by atoms with E-state index in [1.165, 1.54) is 30.5 Å². The summed E-state index contributed by atoms with van der Waals surface area (Å²) in [5.41, 5.74) is 0.829. The molecule has 1 aromatic heterocycles. The molecule has 2 heterocycles. The van der Waals surface area contributed by atoms with Crippen LogP contribution in [-0.4, -0.2) is 39.9 Å². The van der Waals surface area contributed by atoms with Crippen molar-refractivity contribution >= 4 is 43.2 Å². The molecule has 11 nitrogen and oxygen atoms in total. The molecule has 0 amide bonds. The first-order chi connectivity index (χ1) is 18.3. The zero-order valence-corrected chi connectivity index (χ0v) is 21.6. The van der Waals surface area contributed by atoms with Crippen molar-refractivity contribution in [3.05, 3.63) is 85.1 Å². The zero-order chi connectivity index (χ0) is 26.6. The maximum absolute atomic E-state index is 12.7. The summed E-state index contributed by atoms with van der Waals surface area (Å²) in [6.45, 7) is 0.633. The van der Waals surface area contributed by atoms with Crippen LogP contribution in [0.25, 0.3) is 0 Å². The summed E-state index contributed by atoms with van der Waals surface area (Å²) < 4.78 is 61.7. The number of sulfonamides is 2. The first kappa shape index (κ1) is 25.4. The Labute approximate surface area is 220 Å². The van der Waals surface area contributed by atoms with Gasteiger partial charge in [0.05, 0.1) is 21.7 Å². The van der Waals surface area contributed by atoms with E-state index in [9.17, 15) is 16.8 Å². The van der Waals surface area contributed by atoms with Crippen molar-refractivity contribution in [2.45, 2.75) is 16.2 Å². The first-order valence-electron chi connectivity index (χ1n) is 11.6. The van der Waals surface area contributed by atoms with Crippen molar-refractivity contribution in [3.8, 4) is 11.5 Å². The lowest BCUT2D eigenvalue weighted by atomic mass is 10.3. The van der Waals surface area contributed by atoms with E-state index in [4.69, 9.17) is 4.74 Å². The molecule has 0 atom stereocenters. The third-order valence-electron chi connectivity index (χ3n) is 5.46. The molecule has 0 spiro atoms. The number of ether oxygens (including phenoxy) is 1. The molecule has 0 unspecified atom stereocenters. The van der Waals surface area contributed by atoms with Crippen molar-refractivity contribution in [1.82, 2.24) is 14.7 Å². The van der Waals surface area contributed by atoms with E-state index in [1.807, 2.05) is 0 Å². The molecule has 0 fully saturated rings. The number of benzene rings is 3. The van der Waals surface area contributed by atoms with Crippen LogP contribution in [0, 0.1) is 0 Å². The number of aromatic nitrogens is 2. The van der Waals surface area contributed by atoms with E-state index in [0.29, 0.717) is 41.7 Å². The van der Waals surface area contributed by atoms with Gasteiger partial charge in [0.1, 0.15) is 5.75 Å². The van der Waals surface area contributed by atoms with E-state index in [0.717, 1.165) is 0 Å². The Kier molecular flexibility index (Phi) is 7.13. The van der Waals surface area contributed by atoms with Crippen LogP contribution in [0.2, 0.25) is 0 Å². The average molecular weight is 553 g/mol. The number of nitrogens with one attached hydrogen (secondary N) is 4. The van der Waals surface area contributed by atoms with E-state index < -0.39 is 20.0 Å². The molecule has 1 aliphatic rings. The van der Waals surface area contributed by atoms with Gasteiger partial charge in [-0.05, 0) is 48.9 Å². The van der Waals surface area contributed by atoms with Gasteiger partial charge in [0.25, 0.3) is 10.0 Å². The number of fused-ring (bicyclic) bond motifs is 4. The van der Waals surface area contributed by atoms with Crippen molar-refractivity contribution in [2.24, 2.45) is 0 Å². The predicted octanol–water partition coefficient (Wildman–Crippen LogP) is 3.91. The van der Waals surface area contributed by atoms with Gasteiger partial charge in [0, 0.05) is 24.8 Å². The first-order valence-corrected chi connectivity index (χ1v) is 14.6. The molecule has 3 aromatic carbocycles. The maximum atomic E-state index is 12.7. The Hall–Kier alpha value is -4.20. The predicted molar refractivity (Wildman–Crippen MR) is 144 cm³/mol. The fourth-order valence-electron chi connectivity index (χ4n) is 3.65. The summed E-state index contributed by atoms with van der Waals surface area (Å²) in [6, 6.07) is 20.9. The highest BCUT2D eigenvalue weighted by molar-refractivity contribution is 7.92. The molecule has 0 radical (unpaired) electrons. The van der Waals surface area contributed by atoms with Crippen LogP contribution in [0.5, 0.6) is 11.5 Å². The molecule has 4 bridgehead atoms. The van der Waals surface area contributed by atoms with Crippen LogP contribution in [-0.2, 0) is 20.0 Å². The minimum absolute atomic E-state index is 0.137. The molecule has 38 heavy (non-hydrogen) atoms. The van der Waals surface area contributed by atoms with Gasteiger partial charge < -0.3 is 15.4 Å². The maximum Gasteiger partial charge on any atom is 0.261 e. The van der Waals surface area contributed by atoms with Gasteiger partial charge in [0.15, 0.2) is 11.6 Å². The Balaban J connectivity index is 1.39. The lowest BCUT2D eigenvalue weighted by Crippen LogP contribution is -2.26. The van der Waals surface area contributed by atoms with Crippen molar-refractivity contribution < 1.29 is 21.6 Å². The van der Waals surface area contributed by atoms with Crippen molar-refractivity contribution in [1.29, 1.82) is 0 Å². The Morgan fingerprint density at radius 3 is 2.58 bits per heavy atom. The second-order valence-electron chi connectivity index (χ2n) is 8.29. The van der Waals surface area contributed by atoms with Crippen LogP contribution in [0.15, 0.2) is 94.9 Å². The molecule has 0 aliphatic carbocycles. The number of nitrogens with zero attached hydrogens (tertiary/aromatic N) is 2. The molecule has 4 N–H and O–H groups in total. The SMILES string of the molecule is O=S1(=O)NCCCNc2nc(ncc2Oc2cccc(NS(=O)(=O)c3ccccc3)c2)Nc2cccc1c2. The largest absolute Gasteiger partial charge is 0.452 e. The molecule has 5 rings (SSSR count). The van der Waals surface area contributed by atoms with Crippen LogP contribution in [0.1, 0.15) is 6.42 Å². The number of rotatable bonds is 5. The molecule has 4 aromatic rings. The van der Waals surface area contributed by atoms with Crippen molar-refractivity contribution in [3.63, 3.8) is 0 Å². The lowest BCUT2D eigenvalue weighted by molar-refractivity contribution is 0.480. The van der Waals surface area contributed by atoms with Crippen LogP contribution in [0.4, 0.5) is 23.1 Å². The lowest BCUT2D eigenvalue weighted by Gasteiger charge is -2.14. The Morgan fingerprint density at radius 1 is 0.921 bits per heavy atom. The topological polar surface area (TPSA) is 151 Å². The molecular formula is C25H24N6O5S2. The van der Waals surface area contributed by atoms with Crippen LogP contribution < -0.4 is 24.8 Å². The van der Waals surface area contributed by atoms with Gasteiger partial charge in [0.2, 0.25) is 16.0 Å². The molecule has 13 heteroatoms. The molecular weight excluding hydrogens is 528 g/mol. The number of anilines is 4. The monoisotopic (exact) mass is 552 g/mol. The summed E-state index contributed by atoms with van der Waals surface area (Å²) >= 11 is 0. The second-order valence-corrected chi connectivity index (χ2v) is 11.7. The summed E-state index contributed by atoms with van der Waals surface area (Å²) in [6.07, 6.45) is 1.97. The standard InChI is InChI=1S/C25H24N6O5S2/c32-37(33)22-12-5-7-18(16-22)29-25-27-17-23(24(30-25)26-13-6-14-28-37)36-20-9-4-8-19(15-20)31-38(34,35)21-10-2-1-3-11-21/h1-5,7-12,15-17,28,31H,6,13-14H2,(H2,26,27,29,30). The fraction of sp³-hybridized carbons (Fsp3) is 0.120. The van der Waals surface area contributed by atoms with E-state index in [1.54, 1.807) is 54.6 Å². The molecule has 1 aliphatic heterocycles. The van der Waals surface area contributed by atoms with Gasteiger partial charge in [-0.1, -0.05) is 30.3 Å². The molecule has 0 saturated heterocycles. The molecule has 0 saturated carbocycles. The van der Waals surface area contributed by atoms with Gasteiger partial charge in [-0.3, -0.25) is 4.72 Å². The zero-order valence-electron chi connectivity index (χ0n) is 20.0. The minimum Gasteiger partial charge on any atom is -0.452 e. The van der Waals surface area contributed by atoms with E-state index >= 15 is 0 Å². The summed E-state index contributed by atoms with van der Waals surface area (Å²) in [5, 5.41) is 6.17. The van der Waals surface area contributed by atoms with Crippen LogP contribution in [0.3, 0.4) is 0 Å².